The van der Waals surface area contributed by atoms with Crippen LogP contribution in [0.5, 0.6) is 5.75 Å². The molecule has 1 aliphatic heterocycles. The average molecular weight is 388 g/mol. The van der Waals surface area contributed by atoms with E-state index in [4.69, 9.17) is 21.1 Å². The maximum atomic E-state index is 13.0. The van der Waals surface area contributed by atoms with E-state index in [1.165, 1.54) is 7.11 Å². The number of esters is 1. The first-order valence-corrected chi connectivity index (χ1v) is 9.29. The number of hydrogen-bond donors (Lipinski definition) is 0. The average Bonchev–Trinajstić information content (AvgIpc) is 2.72. The van der Waals surface area contributed by atoms with Gasteiger partial charge in [0.25, 0.3) is 5.91 Å². The second kappa shape index (κ2) is 8.91. The first-order chi connectivity index (χ1) is 13.1. The van der Waals surface area contributed by atoms with Crippen LogP contribution in [0.3, 0.4) is 0 Å². The summed E-state index contributed by atoms with van der Waals surface area (Å²) in [7, 11) is 1.39. The number of carbonyl (C=O) groups is 2. The summed E-state index contributed by atoms with van der Waals surface area (Å²) < 4.78 is 10.7. The minimum Gasteiger partial charge on any atom is -0.488 e. The van der Waals surface area contributed by atoms with Gasteiger partial charge in [0.1, 0.15) is 12.4 Å². The quantitative estimate of drug-likeness (QED) is 0.729. The highest BCUT2D eigenvalue weighted by molar-refractivity contribution is 6.31. The molecule has 6 heteroatoms. The predicted molar refractivity (Wildman–Crippen MR) is 103 cm³/mol. The molecule has 142 valence electrons. The van der Waals surface area contributed by atoms with Crippen LogP contribution in [-0.4, -0.2) is 37.0 Å². The highest BCUT2D eigenvalue weighted by atomic mass is 35.5. The van der Waals surface area contributed by atoms with E-state index in [1.807, 2.05) is 30.3 Å². The fourth-order valence-corrected chi connectivity index (χ4v) is 3.36. The first kappa shape index (κ1) is 19.2. The lowest BCUT2D eigenvalue weighted by Crippen LogP contribution is -2.40. The second-order valence-corrected chi connectivity index (χ2v) is 6.94. The zero-order chi connectivity index (χ0) is 19.2. The van der Waals surface area contributed by atoms with Gasteiger partial charge < -0.3 is 14.4 Å². The van der Waals surface area contributed by atoms with Gasteiger partial charge >= 0.3 is 5.97 Å². The molecule has 0 aliphatic carbocycles. The Hall–Kier alpha value is -2.53. The van der Waals surface area contributed by atoms with Gasteiger partial charge in [-0.3, -0.25) is 9.59 Å². The van der Waals surface area contributed by atoms with E-state index in [9.17, 15) is 9.59 Å². The van der Waals surface area contributed by atoms with Crippen molar-refractivity contribution in [3.05, 3.63) is 64.7 Å². The lowest BCUT2D eigenvalue weighted by atomic mass is 9.96. The number of ether oxygens (including phenoxy) is 2. The van der Waals surface area contributed by atoms with Crippen LogP contribution in [0.1, 0.15) is 28.8 Å². The molecular weight excluding hydrogens is 366 g/mol. The second-order valence-electron chi connectivity index (χ2n) is 6.50. The maximum absolute atomic E-state index is 13.0. The predicted octanol–water partition coefficient (Wildman–Crippen LogP) is 3.94. The molecule has 0 atom stereocenters. The summed E-state index contributed by atoms with van der Waals surface area (Å²) in [6.07, 6.45) is 1.19. The van der Waals surface area contributed by atoms with Crippen LogP contribution in [0.2, 0.25) is 5.02 Å². The highest BCUT2D eigenvalue weighted by Gasteiger charge is 2.29. The molecule has 27 heavy (non-hydrogen) atoms. The third-order valence-electron chi connectivity index (χ3n) is 4.73. The fraction of sp³-hybridized carbons (Fsp3) is 0.333. The number of carbonyl (C=O) groups excluding carboxylic acids is 2. The van der Waals surface area contributed by atoms with Gasteiger partial charge in [-0.25, -0.2) is 0 Å². The van der Waals surface area contributed by atoms with Crippen LogP contribution in [0.15, 0.2) is 48.5 Å². The van der Waals surface area contributed by atoms with Crippen LogP contribution in [0, 0.1) is 5.92 Å². The Kier molecular flexibility index (Phi) is 6.35. The molecular formula is C21H22ClNO4. The topological polar surface area (TPSA) is 55.8 Å². The van der Waals surface area contributed by atoms with Gasteiger partial charge in [-0.1, -0.05) is 41.9 Å². The van der Waals surface area contributed by atoms with Crippen LogP contribution in [0.25, 0.3) is 0 Å². The number of halogens is 1. The number of methoxy groups -OCH3 is 1. The summed E-state index contributed by atoms with van der Waals surface area (Å²) in [6, 6.07) is 14.8. The molecule has 3 rings (SSSR count). The molecule has 0 aromatic heterocycles. The number of nitrogens with zero attached hydrogens (tertiary/aromatic N) is 1. The standard InChI is InChI=1S/C21H22ClNO4/c1-26-21(25)16-9-11-23(12-10-16)20(24)18-13-17(22)7-8-19(18)27-14-15-5-3-2-4-6-15/h2-8,13,16H,9-12,14H2,1H3. The van der Waals surface area contributed by atoms with Crippen molar-refractivity contribution in [1.82, 2.24) is 4.90 Å². The molecule has 0 radical (unpaired) electrons. The molecule has 1 saturated heterocycles. The summed E-state index contributed by atoms with van der Waals surface area (Å²) in [5, 5.41) is 0.481. The maximum Gasteiger partial charge on any atom is 0.308 e. The SMILES string of the molecule is COC(=O)C1CCN(C(=O)c2cc(Cl)ccc2OCc2ccccc2)CC1. The van der Waals surface area contributed by atoms with Gasteiger partial charge in [0.05, 0.1) is 18.6 Å². The minimum absolute atomic E-state index is 0.135. The lowest BCUT2D eigenvalue weighted by molar-refractivity contribution is -0.146. The summed E-state index contributed by atoms with van der Waals surface area (Å²) >= 11 is 6.11. The molecule has 0 N–H and O–H groups in total. The Morgan fingerprint density at radius 3 is 2.48 bits per heavy atom. The van der Waals surface area contributed by atoms with E-state index in [0.29, 0.717) is 48.9 Å². The monoisotopic (exact) mass is 387 g/mol. The number of hydrogen-bond acceptors (Lipinski definition) is 4. The molecule has 0 unspecified atom stereocenters. The van der Waals surface area contributed by atoms with Crippen molar-refractivity contribution in [3.8, 4) is 5.75 Å². The third kappa shape index (κ3) is 4.80. The minimum atomic E-state index is -0.211. The van der Waals surface area contributed by atoms with Crippen molar-refractivity contribution in [2.45, 2.75) is 19.4 Å². The van der Waals surface area contributed by atoms with Crippen molar-refractivity contribution in [3.63, 3.8) is 0 Å². The Morgan fingerprint density at radius 2 is 1.81 bits per heavy atom. The summed E-state index contributed by atoms with van der Waals surface area (Å²) in [4.78, 5) is 26.4. The van der Waals surface area contributed by atoms with Crippen LogP contribution < -0.4 is 4.74 Å². The molecule has 0 bridgehead atoms. The Bertz CT molecular complexity index is 801. The van der Waals surface area contributed by atoms with E-state index < -0.39 is 0 Å². The summed E-state index contributed by atoms with van der Waals surface area (Å²) in [5.41, 5.74) is 1.46. The number of rotatable bonds is 5. The van der Waals surface area contributed by atoms with Crippen molar-refractivity contribution in [2.24, 2.45) is 5.92 Å². The molecule has 1 heterocycles. The lowest BCUT2D eigenvalue weighted by Gasteiger charge is -2.31. The fourth-order valence-electron chi connectivity index (χ4n) is 3.19. The number of benzene rings is 2. The largest absolute Gasteiger partial charge is 0.488 e. The normalized spacial score (nSPS) is 14.7. The van der Waals surface area contributed by atoms with Crippen molar-refractivity contribution < 1.29 is 19.1 Å². The first-order valence-electron chi connectivity index (χ1n) is 8.92. The molecule has 0 spiro atoms. The van der Waals surface area contributed by atoms with Crippen LogP contribution in [0.4, 0.5) is 0 Å². The van der Waals surface area contributed by atoms with Crippen molar-refractivity contribution >= 4 is 23.5 Å². The van der Waals surface area contributed by atoms with Gasteiger partial charge in [0.2, 0.25) is 0 Å². The number of amides is 1. The van der Waals surface area contributed by atoms with Gasteiger partial charge in [-0.15, -0.1) is 0 Å². The molecule has 1 aliphatic rings. The molecule has 2 aromatic rings. The third-order valence-corrected chi connectivity index (χ3v) is 4.96. The molecule has 1 amide bonds. The number of likely N-dealkylation sites (tertiary alicyclic amines) is 1. The van der Waals surface area contributed by atoms with Crippen molar-refractivity contribution in [2.75, 3.05) is 20.2 Å². The zero-order valence-corrected chi connectivity index (χ0v) is 15.9. The van der Waals surface area contributed by atoms with E-state index >= 15 is 0 Å². The molecule has 1 fully saturated rings. The Labute approximate surface area is 163 Å². The van der Waals surface area contributed by atoms with Gasteiger partial charge in [-0.2, -0.15) is 0 Å². The van der Waals surface area contributed by atoms with Gasteiger partial charge in [0.15, 0.2) is 0 Å². The van der Waals surface area contributed by atoms with Crippen LogP contribution >= 0.6 is 11.6 Å². The van der Waals surface area contributed by atoms with E-state index in [2.05, 4.69) is 0 Å². The zero-order valence-electron chi connectivity index (χ0n) is 15.2. The molecule has 2 aromatic carbocycles. The van der Waals surface area contributed by atoms with Crippen LogP contribution in [-0.2, 0) is 16.1 Å². The van der Waals surface area contributed by atoms with Gasteiger partial charge in [-0.05, 0) is 36.6 Å². The molecule has 0 saturated carbocycles. The molecule has 5 nitrogen and oxygen atoms in total. The van der Waals surface area contributed by atoms with E-state index in [1.54, 1.807) is 23.1 Å². The smallest absolute Gasteiger partial charge is 0.308 e. The van der Waals surface area contributed by atoms with Crippen molar-refractivity contribution in [1.29, 1.82) is 0 Å². The Morgan fingerprint density at radius 1 is 1.11 bits per heavy atom. The van der Waals surface area contributed by atoms with E-state index in [-0.39, 0.29) is 17.8 Å². The summed E-state index contributed by atoms with van der Waals surface area (Å²) in [5.74, 6) is 0.0103. The van der Waals surface area contributed by atoms with E-state index in [0.717, 1.165) is 5.56 Å². The summed E-state index contributed by atoms with van der Waals surface area (Å²) in [6.45, 7) is 1.37. The number of piperidine rings is 1. The van der Waals surface area contributed by atoms with Gasteiger partial charge in [0, 0.05) is 18.1 Å². The highest BCUT2D eigenvalue weighted by Crippen LogP contribution is 2.27. The Balaban J connectivity index is 1.70.